The van der Waals surface area contributed by atoms with Crippen LogP contribution in [0, 0.1) is 0 Å². The first-order valence-corrected chi connectivity index (χ1v) is 9.96. The van der Waals surface area contributed by atoms with E-state index in [1.807, 2.05) is 6.92 Å². The van der Waals surface area contributed by atoms with E-state index in [1.54, 1.807) is 19.9 Å². The first-order chi connectivity index (χ1) is 15.1. The molecule has 1 amide bonds. The van der Waals surface area contributed by atoms with Crippen molar-refractivity contribution in [2.24, 2.45) is 0 Å². The SMILES string of the molecule is CC(C)N(Cc1ccc(C(F)(F)F)nn1)C(=O)c1cc2c3c(c(N)nc2cn1)[C@@H](C)OC3. The van der Waals surface area contributed by atoms with Crippen molar-refractivity contribution >= 4 is 22.6 Å². The van der Waals surface area contributed by atoms with Crippen LogP contribution in [-0.4, -0.2) is 37.0 Å². The minimum absolute atomic E-state index is 0.0143. The molecule has 0 spiro atoms. The molecule has 4 heterocycles. The minimum atomic E-state index is -4.58. The molecule has 168 valence electrons. The maximum absolute atomic E-state index is 13.3. The van der Waals surface area contributed by atoms with Crippen LogP contribution in [0.25, 0.3) is 10.9 Å². The van der Waals surface area contributed by atoms with Crippen LogP contribution < -0.4 is 5.73 Å². The third-order valence-electron chi connectivity index (χ3n) is 5.38. The number of fused-ring (bicyclic) bond motifs is 3. The summed E-state index contributed by atoms with van der Waals surface area (Å²) in [5, 5.41) is 7.59. The van der Waals surface area contributed by atoms with E-state index in [0.717, 1.165) is 22.6 Å². The highest BCUT2D eigenvalue weighted by molar-refractivity contribution is 5.97. The van der Waals surface area contributed by atoms with E-state index >= 15 is 0 Å². The summed E-state index contributed by atoms with van der Waals surface area (Å²) in [4.78, 5) is 23.3. The smallest absolute Gasteiger partial charge is 0.383 e. The zero-order chi connectivity index (χ0) is 23.2. The Kier molecular flexibility index (Phi) is 5.45. The second-order valence-corrected chi connectivity index (χ2v) is 7.86. The lowest BCUT2D eigenvalue weighted by molar-refractivity contribution is -0.141. The highest BCUT2D eigenvalue weighted by Crippen LogP contribution is 2.38. The number of anilines is 1. The Labute approximate surface area is 181 Å². The number of ether oxygens (including phenoxy) is 1. The summed E-state index contributed by atoms with van der Waals surface area (Å²) in [6.07, 6.45) is -3.29. The molecule has 4 rings (SSSR count). The fourth-order valence-corrected chi connectivity index (χ4v) is 3.69. The van der Waals surface area contributed by atoms with E-state index in [0.29, 0.717) is 17.9 Å². The van der Waals surface area contributed by atoms with Crippen LogP contribution in [0.4, 0.5) is 19.0 Å². The number of nitrogens with zero attached hydrogens (tertiary/aromatic N) is 5. The Balaban J connectivity index is 1.66. The number of rotatable bonds is 4. The number of aromatic nitrogens is 4. The van der Waals surface area contributed by atoms with Crippen molar-refractivity contribution in [3.05, 3.63) is 52.6 Å². The van der Waals surface area contributed by atoms with Crippen molar-refractivity contribution < 1.29 is 22.7 Å². The number of nitrogen functional groups attached to an aromatic ring is 1. The van der Waals surface area contributed by atoms with Gasteiger partial charge in [-0.1, -0.05) is 0 Å². The average Bonchev–Trinajstić information content (AvgIpc) is 3.13. The van der Waals surface area contributed by atoms with Crippen LogP contribution in [0.5, 0.6) is 0 Å². The monoisotopic (exact) mass is 446 g/mol. The molecule has 0 aliphatic carbocycles. The lowest BCUT2D eigenvalue weighted by Crippen LogP contribution is -2.37. The minimum Gasteiger partial charge on any atom is -0.383 e. The van der Waals surface area contributed by atoms with Gasteiger partial charge in [0.05, 0.1) is 36.7 Å². The molecule has 3 aromatic rings. The van der Waals surface area contributed by atoms with Gasteiger partial charge in [0.1, 0.15) is 11.5 Å². The summed E-state index contributed by atoms with van der Waals surface area (Å²) in [6.45, 7) is 5.82. The number of halogens is 3. The topological polar surface area (TPSA) is 107 Å². The Morgan fingerprint density at radius 1 is 1.31 bits per heavy atom. The molecular weight excluding hydrogens is 425 g/mol. The molecule has 0 fully saturated rings. The van der Waals surface area contributed by atoms with Gasteiger partial charge in [-0.3, -0.25) is 4.79 Å². The van der Waals surface area contributed by atoms with Crippen molar-refractivity contribution in [3.63, 3.8) is 0 Å². The summed E-state index contributed by atoms with van der Waals surface area (Å²) >= 11 is 0. The van der Waals surface area contributed by atoms with Gasteiger partial charge in [-0.2, -0.15) is 18.3 Å². The van der Waals surface area contributed by atoms with Crippen molar-refractivity contribution in [2.45, 2.75) is 52.2 Å². The van der Waals surface area contributed by atoms with E-state index < -0.39 is 11.9 Å². The summed E-state index contributed by atoms with van der Waals surface area (Å²) in [7, 11) is 0. The molecule has 32 heavy (non-hydrogen) atoms. The van der Waals surface area contributed by atoms with Gasteiger partial charge in [0.2, 0.25) is 0 Å². The van der Waals surface area contributed by atoms with Crippen LogP contribution in [0.2, 0.25) is 0 Å². The number of carbonyl (C=O) groups is 1. The van der Waals surface area contributed by atoms with Gasteiger partial charge in [0.15, 0.2) is 5.69 Å². The number of pyridine rings is 2. The fourth-order valence-electron chi connectivity index (χ4n) is 3.69. The molecule has 1 aliphatic heterocycles. The first-order valence-electron chi connectivity index (χ1n) is 9.96. The van der Waals surface area contributed by atoms with Crippen molar-refractivity contribution in [1.82, 2.24) is 25.1 Å². The van der Waals surface area contributed by atoms with Gasteiger partial charge in [-0.25, -0.2) is 9.97 Å². The molecule has 8 nitrogen and oxygen atoms in total. The lowest BCUT2D eigenvalue weighted by Gasteiger charge is -2.26. The molecule has 0 saturated carbocycles. The summed E-state index contributed by atoms with van der Waals surface area (Å²) in [5.74, 6) is -0.0100. The van der Waals surface area contributed by atoms with Crippen LogP contribution in [0.3, 0.4) is 0 Å². The van der Waals surface area contributed by atoms with E-state index in [-0.39, 0.29) is 36.0 Å². The van der Waals surface area contributed by atoms with E-state index in [4.69, 9.17) is 10.5 Å². The molecule has 1 aliphatic rings. The van der Waals surface area contributed by atoms with Gasteiger partial charge in [0.25, 0.3) is 5.91 Å². The van der Waals surface area contributed by atoms with Crippen molar-refractivity contribution in [3.8, 4) is 0 Å². The number of hydrogen-bond acceptors (Lipinski definition) is 7. The molecule has 0 aromatic carbocycles. The summed E-state index contributed by atoms with van der Waals surface area (Å²) in [6, 6.07) is 3.45. The van der Waals surface area contributed by atoms with Crippen LogP contribution in [0.1, 0.15) is 59.9 Å². The van der Waals surface area contributed by atoms with E-state index in [9.17, 15) is 18.0 Å². The number of hydrogen-bond donors (Lipinski definition) is 1. The first kappa shape index (κ1) is 21.9. The Bertz CT molecular complexity index is 1180. The van der Waals surface area contributed by atoms with Gasteiger partial charge in [-0.05, 0) is 44.5 Å². The number of amides is 1. The quantitative estimate of drug-likeness (QED) is 0.652. The molecule has 0 radical (unpaired) electrons. The molecular formula is C21H21F3N6O2. The maximum atomic E-state index is 13.3. The fraction of sp³-hybridized carbons (Fsp3) is 0.381. The number of alkyl halides is 3. The zero-order valence-corrected chi connectivity index (χ0v) is 17.6. The molecule has 2 N–H and O–H groups in total. The Morgan fingerprint density at radius 2 is 2.06 bits per heavy atom. The van der Waals surface area contributed by atoms with Crippen molar-refractivity contribution in [2.75, 3.05) is 5.73 Å². The zero-order valence-electron chi connectivity index (χ0n) is 17.6. The molecule has 0 saturated heterocycles. The predicted molar refractivity (Wildman–Crippen MR) is 109 cm³/mol. The van der Waals surface area contributed by atoms with E-state index in [2.05, 4.69) is 20.2 Å². The standard InChI is InChI=1S/C21H21F3N6O2/c1-10(2)30(8-12-4-5-17(29-28-12)21(22,23)24)20(31)15-6-13-14-9-32-11(3)18(14)19(25)27-16(13)7-26-15/h4-7,10-11H,8-9H2,1-3H3,(H2,25,27)/t11-/m1/s1. The van der Waals surface area contributed by atoms with Gasteiger partial charge >= 0.3 is 6.18 Å². The molecule has 3 aromatic heterocycles. The highest BCUT2D eigenvalue weighted by Gasteiger charge is 2.33. The lowest BCUT2D eigenvalue weighted by atomic mass is 10.0. The Morgan fingerprint density at radius 3 is 2.69 bits per heavy atom. The summed E-state index contributed by atoms with van der Waals surface area (Å²) in [5.41, 5.74) is 7.63. The average molecular weight is 446 g/mol. The normalized spacial score (nSPS) is 15.9. The van der Waals surface area contributed by atoms with Crippen LogP contribution >= 0.6 is 0 Å². The second-order valence-electron chi connectivity index (χ2n) is 7.86. The third-order valence-corrected chi connectivity index (χ3v) is 5.38. The molecule has 1 atom stereocenters. The maximum Gasteiger partial charge on any atom is 0.435 e. The Hall–Kier alpha value is -3.34. The molecule has 0 bridgehead atoms. The largest absolute Gasteiger partial charge is 0.435 e. The van der Waals surface area contributed by atoms with Crippen molar-refractivity contribution in [1.29, 1.82) is 0 Å². The molecule has 0 unspecified atom stereocenters. The second kappa shape index (κ2) is 7.97. The third kappa shape index (κ3) is 3.95. The van der Waals surface area contributed by atoms with E-state index in [1.165, 1.54) is 17.2 Å². The number of nitrogens with two attached hydrogens (primary N) is 1. The number of carbonyl (C=O) groups excluding carboxylic acids is 1. The van der Waals surface area contributed by atoms with Crippen LogP contribution in [-0.2, 0) is 24.1 Å². The summed E-state index contributed by atoms with van der Waals surface area (Å²) < 4.78 is 43.9. The molecule has 11 heteroatoms. The van der Waals surface area contributed by atoms with Crippen LogP contribution in [0.15, 0.2) is 24.4 Å². The van der Waals surface area contributed by atoms with Gasteiger partial charge in [-0.15, -0.1) is 5.10 Å². The highest BCUT2D eigenvalue weighted by atomic mass is 19.4. The predicted octanol–water partition coefficient (Wildman–Crippen LogP) is 3.66. The van der Waals surface area contributed by atoms with Gasteiger partial charge < -0.3 is 15.4 Å². The van der Waals surface area contributed by atoms with Gasteiger partial charge in [0, 0.05) is 17.0 Å².